The standard InChI is InChI=1S/C10H16N2O2S/c1-4-14-10(13)5-9(12(2)3)8-6-15-7-11-8/h6-7,9H,4-5H2,1-3H3. The van der Waals surface area contributed by atoms with Gasteiger partial charge in [0, 0.05) is 5.38 Å². The predicted octanol–water partition coefficient (Wildman–Crippen LogP) is 1.70. The Morgan fingerprint density at radius 3 is 2.87 bits per heavy atom. The van der Waals surface area contributed by atoms with Gasteiger partial charge >= 0.3 is 5.97 Å². The van der Waals surface area contributed by atoms with Gasteiger partial charge in [0.15, 0.2) is 0 Å². The third-order valence-electron chi connectivity index (χ3n) is 2.08. The average Bonchev–Trinajstić information content (AvgIpc) is 2.66. The maximum Gasteiger partial charge on any atom is 0.307 e. The second kappa shape index (κ2) is 5.82. The van der Waals surface area contributed by atoms with Crippen molar-refractivity contribution >= 4 is 17.3 Å². The predicted molar refractivity (Wildman–Crippen MR) is 59.8 cm³/mol. The van der Waals surface area contributed by atoms with Gasteiger partial charge in [-0.25, -0.2) is 4.98 Å². The lowest BCUT2D eigenvalue weighted by Crippen LogP contribution is -2.24. The number of aromatic nitrogens is 1. The molecule has 1 unspecified atom stereocenters. The number of carbonyl (C=O) groups is 1. The van der Waals surface area contributed by atoms with Crippen molar-refractivity contribution in [3.63, 3.8) is 0 Å². The molecule has 0 saturated carbocycles. The van der Waals surface area contributed by atoms with Crippen LogP contribution in [-0.2, 0) is 9.53 Å². The van der Waals surface area contributed by atoms with Gasteiger partial charge in [0.25, 0.3) is 0 Å². The smallest absolute Gasteiger partial charge is 0.307 e. The van der Waals surface area contributed by atoms with Crippen molar-refractivity contribution in [1.82, 2.24) is 9.88 Å². The lowest BCUT2D eigenvalue weighted by Gasteiger charge is -2.21. The van der Waals surface area contributed by atoms with Gasteiger partial charge in [-0.1, -0.05) is 0 Å². The van der Waals surface area contributed by atoms with Crippen molar-refractivity contribution in [3.8, 4) is 0 Å². The second-order valence-corrected chi connectivity index (χ2v) is 4.12. The molecule has 1 atom stereocenters. The average molecular weight is 228 g/mol. The number of rotatable bonds is 5. The third kappa shape index (κ3) is 3.60. The summed E-state index contributed by atoms with van der Waals surface area (Å²) >= 11 is 1.54. The molecule has 0 aliphatic rings. The second-order valence-electron chi connectivity index (χ2n) is 3.40. The molecule has 1 rings (SSSR count). The molecule has 5 heteroatoms. The Balaban J connectivity index is 2.64. The van der Waals surface area contributed by atoms with Crippen LogP contribution in [0.25, 0.3) is 0 Å². The van der Waals surface area contributed by atoms with Gasteiger partial charge in [0.2, 0.25) is 0 Å². The van der Waals surface area contributed by atoms with Crippen molar-refractivity contribution in [2.24, 2.45) is 0 Å². The number of nitrogens with zero attached hydrogens (tertiary/aromatic N) is 2. The highest BCUT2D eigenvalue weighted by Crippen LogP contribution is 2.21. The fourth-order valence-corrected chi connectivity index (χ4v) is 1.92. The molecule has 0 spiro atoms. The van der Waals surface area contributed by atoms with Crippen LogP contribution in [0.4, 0.5) is 0 Å². The van der Waals surface area contributed by atoms with Gasteiger partial charge in [-0.3, -0.25) is 4.79 Å². The number of esters is 1. The van der Waals surface area contributed by atoms with E-state index < -0.39 is 0 Å². The molecular formula is C10H16N2O2S. The maximum absolute atomic E-state index is 11.4. The topological polar surface area (TPSA) is 42.4 Å². The van der Waals surface area contributed by atoms with Gasteiger partial charge < -0.3 is 9.64 Å². The SMILES string of the molecule is CCOC(=O)CC(c1cscn1)N(C)C. The molecule has 0 saturated heterocycles. The van der Waals surface area contributed by atoms with Crippen molar-refractivity contribution in [2.45, 2.75) is 19.4 Å². The van der Waals surface area contributed by atoms with Gasteiger partial charge in [0.05, 0.1) is 30.3 Å². The normalized spacial score (nSPS) is 12.8. The molecule has 1 aromatic rings. The van der Waals surface area contributed by atoms with Crippen molar-refractivity contribution < 1.29 is 9.53 Å². The molecule has 1 heterocycles. The summed E-state index contributed by atoms with van der Waals surface area (Å²) in [4.78, 5) is 17.6. The minimum absolute atomic E-state index is 0.00954. The Kier molecular flexibility index (Phi) is 4.71. The maximum atomic E-state index is 11.4. The Hall–Kier alpha value is -0.940. The summed E-state index contributed by atoms with van der Waals surface area (Å²) in [7, 11) is 3.87. The molecule has 15 heavy (non-hydrogen) atoms. The number of hydrogen-bond donors (Lipinski definition) is 0. The van der Waals surface area contributed by atoms with E-state index in [1.807, 2.05) is 31.3 Å². The van der Waals surface area contributed by atoms with E-state index >= 15 is 0 Å². The molecule has 1 aromatic heterocycles. The lowest BCUT2D eigenvalue weighted by atomic mass is 10.1. The third-order valence-corrected chi connectivity index (χ3v) is 2.69. The van der Waals surface area contributed by atoms with Crippen LogP contribution >= 0.6 is 11.3 Å². The van der Waals surface area contributed by atoms with Crippen LogP contribution in [0.2, 0.25) is 0 Å². The summed E-state index contributed by atoms with van der Waals surface area (Å²) in [5.74, 6) is -0.177. The summed E-state index contributed by atoms with van der Waals surface area (Å²) in [5.41, 5.74) is 2.70. The van der Waals surface area contributed by atoms with Crippen LogP contribution in [-0.4, -0.2) is 36.6 Å². The highest BCUT2D eigenvalue weighted by molar-refractivity contribution is 7.07. The Morgan fingerprint density at radius 1 is 1.67 bits per heavy atom. The number of carbonyl (C=O) groups excluding carboxylic acids is 1. The first kappa shape index (κ1) is 12.1. The zero-order valence-corrected chi connectivity index (χ0v) is 10.1. The Labute approximate surface area is 93.9 Å². The van der Waals surface area contributed by atoms with Crippen LogP contribution in [0.1, 0.15) is 25.1 Å². The molecule has 0 aliphatic carbocycles. The van der Waals surface area contributed by atoms with Crippen LogP contribution in [0.3, 0.4) is 0 Å². The van der Waals surface area contributed by atoms with E-state index in [2.05, 4.69) is 4.98 Å². The zero-order valence-electron chi connectivity index (χ0n) is 9.27. The summed E-state index contributed by atoms with van der Waals surface area (Å²) < 4.78 is 4.93. The first-order valence-electron chi connectivity index (χ1n) is 4.85. The first-order valence-corrected chi connectivity index (χ1v) is 5.79. The largest absolute Gasteiger partial charge is 0.466 e. The number of ether oxygens (including phenoxy) is 1. The van der Waals surface area contributed by atoms with E-state index in [0.29, 0.717) is 13.0 Å². The summed E-state index contributed by atoms with van der Waals surface area (Å²) in [6.07, 6.45) is 0.352. The summed E-state index contributed by atoms with van der Waals surface area (Å²) in [6.45, 7) is 2.24. The Morgan fingerprint density at radius 2 is 2.40 bits per heavy atom. The van der Waals surface area contributed by atoms with Gasteiger partial charge in [-0.2, -0.15) is 0 Å². The molecule has 0 aromatic carbocycles. The van der Waals surface area contributed by atoms with Gasteiger partial charge in [-0.15, -0.1) is 11.3 Å². The highest BCUT2D eigenvalue weighted by Gasteiger charge is 2.20. The van der Waals surface area contributed by atoms with E-state index in [9.17, 15) is 4.79 Å². The van der Waals surface area contributed by atoms with Gasteiger partial charge in [-0.05, 0) is 21.0 Å². The van der Waals surface area contributed by atoms with E-state index in [-0.39, 0.29) is 12.0 Å². The quantitative estimate of drug-likeness (QED) is 0.719. The van der Waals surface area contributed by atoms with Crippen molar-refractivity contribution in [3.05, 3.63) is 16.6 Å². The Bertz CT molecular complexity index is 298. The summed E-state index contributed by atoms with van der Waals surface area (Å²) in [6, 6.07) is 0.00954. The molecule has 0 aliphatic heterocycles. The van der Waals surface area contributed by atoms with E-state index in [1.54, 1.807) is 5.51 Å². The molecule has 4 nitrogen and oxygen atoms in total. The van der Waals surface area contributed by atoms with Crippen molar-refractivity contribution in [1.29, 1.82) is 0 Å². The van der Waals surface area contributed by atoms with Crippen LogP contribution in [0, 0.1) is 0 Å². The fourth-order valence-electron chi connectivity index (χ4n) is 1.32. The number of thiazole rings is 1. The molecule has 0 amide bonds. The molecule has 0 N–H and O–H groups in total. The minimum Gasteiger partial charge on any atom is -0.466 e. The highest BCUT2D eigenvalue weighted by atomic mass is 32.1. The van der Waals surface area contributed by atoms with Crippen LogP contribution in [0.5, 0.6) is 0 Å². The van der Waals surface area contributed by atoms with E-state index in [0.717, 1.165) is 5.69 Å². The molecular weight excluding hydrogens is 212 g/mol. The molecule has 84 valence electrons. The number of hydrogen-bond acceptors (Lipinski definition) is 5. The van der Waals surface area contributed by atoms with Crippen LogP contribution in [0.15, 0.2) is 10.9 Å². The van der Waals surface area contributed by atoms with E-state index in [1.165, 1.54) is 11.3 Å². The fraction of sp³-hybridized carbons (Fsp3) is 0.600. The van der Waals surface area contributed by atoms with Gasteiger partial charge in [0.1, 0.15) is 0 Å². The first-order chi connectivity index (χ1) is 7.15. The van der Waals surface area contributed by atoms with E-state index in [4.69, 9.17) is 4.74 Å². The molecule has 0 bridgehead atoms. The lowest BCUT2D eigenvalue weighted by molar-refractivity contribution is -0.144. The molecule has 0 fully saturated rings. The monoisotopic (exact) mass is 228 g/mol. The molecule has 0 radical (unpaired) electrons. The van der Waals surface area contributed by atoms with Crippen LogP contribution < -0.4 is 0 Å². The summed E-state index contributed by atoms with van der Waals surface area (Å²) in [5, 5.41) is 1.96. The van der Waals surface area contributed by atoms with Crippen molar-refractivity contribution in [2.75, 3.05) is 20.7 Å². The zero-order chi connectivity index (χ0) is 11.3. The minimum atomic E-state index is -0.177.